The molecule has 0 unspecified atom stereocenters. The molecular weight excluding hydrogens is 368 g/mol. The summed E-state index contributed by atoms with van der Waals surface area (Å²) in [4.78, 5) is 12.8. The molecule has 0 saturated carbocycles. The Morgan fingerprint density at radius 2 is 1.76 bits per heavy atom. The van der Waals surface area contributed by atoms with E-state index in [0.29, 0.717) is 21.3 Å². The molecule has 0 aliphatic rings. The molecule has 3 aromatic rings. The highest BCUT2D eigenvalue weighted by Crippen LogP contribution is 2.37. The summed E-state index contributed by atoms with van der Waals surface area (Å²) in [6.07, 6.45) is 0. The minimum Gasteiger partial charge on any atom is -0.360 e. The third-order valence-corrected chi connectivity index (χ3v) is 4.23. The van der Waals surface area contributed by atoms with Crippen LogP contribution in [0.4, 0.5) is 10.1 Å². The Morgan fingerprint density at radius 3 is 2.36 bits per heavy atom. The van der Waals surface area contributed by atoms with Gasteiger partial charge in [-0.1, -0.05) is 34.4 Å². The van der Waals surface area contributed by atoms with Gasteiger partial charge in [-0.3, -0.25) is 4.79 Å². The molecule has 0 fully saturated rings. The number of rotatable bonds is 3. The Kier molecular flexibility index (Phi) is 4.76. The van der Waals surface area contributed by atoms with Crippen LogP contribution in [0.5, 0.6) is 0 Å². The first-order valence-corrected chi connectivity index (χ1v) is 7.91. The monoisotopic (exact) mass is 379 g/mol. The summed E-state index contributed by atoms with van der Waals surface area (Å²) in [5.74, 6) is 5.13. The van der Waals surface area contributed by atoms with Gasteiger partial charge in [-0.25, -0.2) is 15.2 Å². The topological polar surface area (TPSA) is 72.4 Å². The van der Waals surface area contributed by atoms with Crippen LogP contribution in [0.1, 0.15) is 16.1 Å². The van der Waals surface area contributed by atoms with Crippen molar-refractivity contribution < 1.29 is 13.7 Å². The number of benzene rings is 2. The molecule has 2 aromatic carbocycles. The average molecular weight is 380 g/mol. The van der Waals surface area contributed by atoms with Gasteiger partial charge < -0.3 is 4.52 Å². The largest absolute Gasteiger partial charge is 0.360 e. The minimum absolute atomic E-state index is 0.127. The highest BCUT2D eigenvalue weighted by Gasteiger charge is 2.28. The fourth-order valence-electron chi connectivity index (χ4n) is 2.36. The van der Waals surface area contributed by atoms with E-state index in [1.54, 1.807) is 25.1 Å². The highest BCUT2D eigenvalue weighted by molar-refractivity contribution is 6.39. The number of amides is 1. The molecule has 1 heterocycles. The van der Waals surface area contributed by atoms with E-state index >= 15 is 0 Å². The van der Waals surface area contributed by atoms with Gasteiger partial charge in [0.25, 0.3) is 5.91 Å². The smallest absolute Gasteiger partial charge is 0.278 e. The number of anilines is 1. The van der Waals surface area contributed by atoms with Gasteiger partial charge in [-0.15, -0.1) is 0 Å². The Hall–Kier alpha value is -2.41. The van der Waals surface area contributed by atoms with Crippen LogP contribution < -0.4 is 10.9 Å². The quantitative estimate of drug-likeness (QED) is 0.409. The lowest BCUT2D eigenvalue weighted by atomic mass is 10.0. The first-order valence-electron chi connectivity index (χ1n) is 7.15. The van der Waals surface area contributed by atoms with Crippen molar-refractivity contribution in [3.8, 4) is 11.3 Å². The molecule has 0 radical (unpaired) electrons. The van der Waals surface area contributed by atoms with Crippen molar-refractivity contribution in [2.24, 2.45) is 5.84 Å². The second kappa shape index (κ2) is 6.84. The minimum atomic E-state index is -0.587. The summed E-state index contributed by atoms with van der Waals surface area (Å²) in [6.45, 7) is 1.58. The van der Waals surface area contributed by atoms with Crippen molar-refractivity contribution in [3.63, 3.8) is 0 Å². The molecule has 0 atom stereocenters. The maximum Gasteiger partial charge on any atom is 0.278 e. The van der Waals surface area contributed by atoms with Crippen molar-refractivity contribution in [1.29, 1.82) is 0 Å². The first kappa shape index (κ1) is 17.4. The van der Waals surface area contributed by atoms with Gasteiger partial charge in [-0.2, -0.15) is 0 Å². The molecule has 0 saturated heterocycles. The van der Waals surface area contributed by atoms with Gasteiger partial charge in [0, 0.05) is 5.56 Å². The third-order valence-electron chi connectivity index (χ3n) is 3.60. The van der Waals surface area contributed by atoms with Gasteiger partial charge >= 0.3 is 0 Å². The van der Waals surface area contributed by atoms with E-state index in [4.69, 9.17) is 33.6 Å². The van der Waals surface area contributed by atoms with Crippen LogP contribution in [0.15, 0.2) is 47.0 Å². The first-order chi connectivity index (χ1) is 11.9. The maximum atomic E-state index is 13.1. The van der Waals surface area contributed by atoms with Crippen LogP contribution in [-0.2, 0) is 0 Å². The van der Waals surface area contributed by atoms with E-state index in [1.807, 2.05) is 0 Å². The number of carbonyl (C=O) groups is 1. The zero-order valence-corrected chi connectivity index (χ0v) is 14.5. The molecule has 5 nitrogen and oxygen atoms in total. The zero-order chi connectivity index (χ0) is 18.1. The molecule has 3 rings (SSSR count). The average Bonchev–Trinajstić information content (AvgIpc) is 2.95. The van der Waals surface area contributed by atoms with Crippen molar-refractivity contribution >= 4 is 34.8 Å². The fourth-order valence-corrected chi connectivity index (χ4v) is 2.93. The van der Waals surface area contributed by atoms with Gasteiger partial charge in [0.05, 0.1) is 15.7 Å². The summed E-state index contributed by atoms with van der Waals surface area (Å²) in [5.41, 5.74) is 0.999. The number of aromatic nitrogens is 1. The molecule has 1 aromatic heterocycles. The molecular formula is C17H12Cl2FN3O2. The van der Waals surface area contributed by atoms with E-state index in [-0.39, 0.29) is 17.0 Å². The number of nitrogens with two attached hydrogens (primary N) is 1. The van der Waals surface area contributed by atoms with Crippen LogP contribution in [0.25, 0.3) is 11.3 Å². The number of halogens is 3. The van der Waals surface area contributed by atoms with Crippen LogP contribution in [0, 0.1) is 12.7 Å². The Labute approximate surface area is 152 Å². The van der Waals surface area contributed by atoms with E-state index in [1.165, 1.54) is 24.3 Å². The van der Waals surface area contributed by atoms with Gasteiger partial charge in [0.1, 0.15) is 22.8 Å². The van der Waals surface area contributed by atoms with Crippen molar-refractivity contribution in [2.75, 3.05) is 5.01 Å². The Bertz CT molecular complexity index is 921. The van der Waals surface area contributed by atoms with Crippen LogP contribution in [0.3, 0.4) is 0 Å². The molecule has 0 bridgehead atoms. The van der Waals surface area contributed by atoms with E-state index < -0.39 is 11.7 Å². The number of hydrazine groups is 1. The van der Waals surface area contributed by atoms with Crippen molar-refractivity contribution in [1.82, 2.24) is 5.16 Å². The standard InChI is InChI=1S/C17H12Cl2FN3O2/c1-9-14(17(24)23(21)11-7-5-10(20)6-8-11)16(22-25-9)15-12(18)3-2-4-13(15)19/h2-8H,21H2,1H3. The summed E-state index contributed by atoms with van der Waals surface area (Å²) in [7, 11) is 0. The second-order valence-electron chi connectivity index (χ2n) is 5.21. The van der Waals surface area contributed by atoms with Crippen molar-refractivity contribution in [2.45, 2.75) is 6.92 Å². The van der Waals surface area contributed by atoms with Gasteiger partial charge in [0.15, 0.2) is 0 Å². The highest BCUT2D eigenvalue weighted by atomic mass is 35.5. The van der Waals surface area contributed by atoms with Gasteiger partial charge in [-0.05, 0) is 43.3 Å². The lowest BCUT2D eigenvalue weighted by Gasteiger charge is -2.17. The zero-order valence-electron chi connectivity index (χ0n) is 13.0. The molecule has 0 aliphatic heterocycles. The predicted molar refractivity (Wildman–Crippen MR) is 94.1 cm³/mol. The van der Waals surface area contributed by atoms with Gasteiger partial charge in [0.2, 0.25) is 0 Å². The summed E-state index contributed by atoms with van der Waals surface area (Å²) in [5, 5.41) is 5.43. The van der Waals surface area contributed by atoms with Crippen LogP contribution in [0.2, 0.25) is 10.0 Å². The maximum absolute atomic E-state index is 13.1. The lowest BCUT2D eigenvalue weighted by molar-refractivity contribution is 0.0986. The summed E-state index contributed by atoms with van der Waals surface area (Å²) >= 11 is 12.4. The number of aryl methyl sites for hydroxylation is 1. The number of hydrogen-bond donors (Lipinski definition) is 1. The lowest BCUT2D eigenvalue weighted by Crippen LogP contribution is -2.37. The Balaban J connectivity index is 2.07. The summed E-state index contributed by atoms with van der Waals surface area (Å²) < 4.78 is 18.2. The SMILES string of the molecule is Cc1onc(-c2c(Cl)cccc2Cl)c1C(=O)N(N)c1ccc(F)cc1. The normalized spacial score (nSPS) is 10.8. The molecule has 128 valence electrons. The van der Waals surface area contributed by atoms with E-state index in [9.17, 15) is 9.18 Å². The van der Waals surface area contributed by atoms with E-state index in [0.717, 1.165) is 5.01 Å². The second-order valence-corrected chi connectivity index (χ2v) is 6.02. The van der Waals surface area contributed by atoms with Crippen LogP contribution >= 0.6 is 23.2 Å². The van der Waals surface area contributed by atoms with Crippen molar-refractivity contribution in [3.05, 3.63) is 69.7 Å². The third kappa shape index (κ3) is 3.24. The summed E-state index contributed by atoms with van der Waals surface area (Å²) in [6, 6.07) is 10.1. The molecule has 0 aliphatic carbocycles. The van der Waals surface area contributed by atoms with Crippen LogP contribution in [-0.4, -0.2) is 11.1 Å². The number of carbonyl (C=O) groups excluding carboxylic acids is 1. The number of hydrogen-bond acceptors (Lipinski definition) is 4. The van der Waals surface area contributed by atoms with E-state index in [2.05, 4.69) is 5.16 Å². The fraction of sp³-hybridized carbons (Fsp3) is 0.0588. The molecule has 25 heavy (non-hydrogen) atoms. The molecule has 8 heteroatoms. The number of nitrogens with zero attached hydrogens (tertiary/aromatic N) is 2. The molecule has 1 amide bonds. The molecule has 2 N–H and O–H groups in total. The molecule has 0 spiro atoms. The predicted octanol–water partition coefficient (Wildman–Crippen LogP) is 4.62. The Morgan fingerprint density at radius 1 is 1.16 bits per heavy atom.